The molecule has 1 aliphatic rings. The Labute approximate surface area is 48.8 Å². The van der Waals surface area contributed by atoms with Crippen LogP contribution in [-0.2, 0) is 0 Å². The molecule has 1 unspecified atom stereocenters. The van der Waals surface area contributed by atoms with E-state index in [9.17, 15) is 0 Å². The zero-order valence-corrected chi connectivity index (χ0v) is 6.03. The fourth-order valence-corrected chi connectivity index (χ4v) is 1.82. The van der Waals surface area contributed by atoms with Gasteiger partial charge in [-0.3, -0.25) is 0 Å². The Hall–Kier alpha value is 0.690. The second-order valence-corrected chi connectivity index (χ2v) is 4.99. The quantitative estimate of drug-likeness (QED) is 0.361. The summed E-state index contributed by atoms with van der Waals surface area (Å²) in [5, 5.41) is 3.16. The number of nitrogens with one attached hydrogen (secondary N) is 1. The van der Waals surface area contributed by atoms with Gasteiger partial charge < -0.3 is 0 Å². The van der Waals surface area contributed by atoms with Crippen molar-refractivity contribution in [2.45, 2.75) is 3.92 Å². The van der Waals surface area contributed by atoms with Gasteiger partial charge in [0.05, 0.1) is 0 Å². The molecular weight excluding hydrogens is 189 g/mol. The van der Waals surface area contributed by atoms with E-state index in [0.717, 1.165) is 3.92 Å². The molecule has 0 bridgehead atoms. The molecule has 0 aliphatic carbocycles. The van der Waals surface area contributed by atoms with Gasteiger partial charge >= 0.3 is 48.5 Å². The van der Waals surface area contributed by atoms with Gasteiger partial charge in [-0.25, -0.2) is 0 Å². The van der Waals surface area contributed by atoms with Gasteiger partial charge in [-0.2, -0.15) is 0 Å². The van der Waals surface area contributed by atoms with Gasteiger partial charge in [-0.05, 0) is 0 Å². The summed E-state index contributed by atoms with van der Waals surface area (Å²) in [4.78, 5) is 0. The van der Waals surface area contributed by atoms with E-state index < -0.39 is 0 Å². The molecule has 1 N–H and O–H groups in total. The fourth-order valence-electron chi connectivity index (χ4n) is 0.394. The maximum atomic E-state index is 3.16. The number of hydrogen-bond acceptors (Lipinski definition) is 1. The van der Waals surface area contributed by atoms with E-state index >= 15 is 0 Å². The van der Waals surface area contributed by atoms with Crippen molar-refractivity contribution in [3.05, 3.63) is 0 Å². The molecule has 0 radical (unpaired) electrons. The minimum absolute atomic E-state index is 0.705. The van der Waals surface area contributed by atoms with Crippen molar-refractivity contribution in [3.8, 4) is 0 Å². The van der Waals surface area contributed by atoms with Gasteiger partial charge in [0.25, 0.3) is 0 Å². The predicted octanol–water partition coefficient (Wildman–Crippen LogP) is -3.32. The van der Waals surface area contributed by atoms with Gasteiger partial charge in [0, 0.05) is 0 Å². The third-order valence-electron chi connectivity index (χ3n) is 0.798. The van der Waals surface area contributed by atoms with Crippen LogP contribution in [0.1, 0.15) is 0 Å². The van der Waals surface area contributed by atoms with Crippen LogP contribution in [0.4, 0.5) is 0 Å². The molecule has 0 spiro atoms. The van der Waals surface area contributed by atoms with Crippen molar-refractivity contribution in [2.24, 2.45) is 0 Å². The van der Waals surface area contributed by atoms with Crippen molar-refractivity contribution < 1.29 is 21.2 Å². The van der Waals surface area contributed by atoms with Crippen LogP contribution in [0.15, 0.2) is 0 Å². The van der Waals surface area contributed by atoms with E-state index in [0.29, 0.717) is 21.2 Å². The summed E-state index contributed by atoms with van der Waals surface area (Å²) in [6.07, 6.45) is 0. The summed E-state index contributed by atoms with van der Waals surface area (Å²) in [6, 6.07) is 0. The van der Waals surface area contributed by atoms with Crippen LogP contribution in [0.25, 0.3) is 0 Å². The molecule has 0 saturated carbocycles. The predicted molar refractivity (Wildman–Crippen MR) is 22.6 cm³/mol. The average molecular weight is 198 g/mol. The Morgan fingerprint density at radius 3 is 2.83 bits per heavy atom. The van der Waals surface area contributed by atoms with E-state index in [1.807, 2.05) is 7.05 Å². The molecule has 1 heterocycles. The van der Waals surface area contributed by atoms with Gasteiger partial charge in [0.1, 0.15) is 0 Å². The minimum atomic E-state index is 0.705. The summed E-state index contributed by atoms with van der Waals surface area (Å²) < 4.78 is 2.72. The van der Waals surface area contributed by atoms with E-state index in [1.165, 1.54) is 6.54 Å². The molecule has 1 aliphatic heterocycles. The van der Waals surface area contributed by atoms with Crippen molar-refractivity contribution in [1.29, 1.82) is 0 Å². The first-order valence-electron chi connectivity index (χ1n) is 2.16. The van der Waals surface area contributed by atoms with Gasteiger partial charge in [-0.15, -0.1) is 0 Å². The number of hydrogen-bond donors (Lipinski definition) is 1. The first-order valence-corrected chi connectivity index (χ1v) is 4.93. The Morgan fingerprint density at radius 2 is 2.67 bits per heavy atom. The SMILES string of the molecule is CNCC1C[I-]1. The van der Waals surface area contributed by atoms with Crippen LogP contribution in [0.2, 0.25) is 0 Å². The van der Waals surface area contributed by atoms with E-state index in [-0.39, 0.29) is 0 Å². The monoisotopic (exact) mass is 198 g/mol. The summed E-state index contributed by atoms with van der Waals surface area (Å²) >= 11 is 0.705. The third-order valence-corrected chi connectivity index (χ3v) is 3.36. The van der Waals surface area contributed by atoms with Crippen molar-refractivity contribution in [3.63, 3.8) is 0 Å². The normalized spacial score (nSPS) is 31.8. The second kappa shape index (κ2) is 2.12. The topological polar surface area (TPSA) is 12.0 Å². The molecule has 38 valence electrons. The number of rotatable bonds is 2. The average Bonchev–Trinajstić information content (AvgIpc) is 2.21. The first kappa shape index (κ1) is 4.84. The molecule has 1 rings (SSSR count). The van der Waals surface area contributed by atoms with Crippen LogP contribution in [-0.4, -0.2) is 21.9 Å². The fraction of sp³-hybridized carbons (Fsp3) is 1.00. The number of halogens is 1. The van der Waals surface area contributed by atoms with Crippen molar-refractivity contribution >= 4 is 0 Å². The second-order valence-electron chi connectivity index (χ2n) is 1.46. The number of alkyl halides is 2. The zero-order valence-electron chi connectivity index (χ0n) is 3.87. The van der Waals surface area contributed by atoms with E-state index in [4.69, 9.17) is 0 Å². The van der Waals surface area contributed by atoms with Crippen LogP contribution in [0.5, 0.6) is 0 Å². The van der Waals surface area contributed by atoms with Crippen LogP contribution in [0, 0.1) is 0 Å². The first-order chi connectivity index (χ1) is 2.93. The Kier molecular flexibility index (Phi) is 1.71. The Balaban J connectivity index is 1.88. The zero-order chi connectivity index (χ0) is 4.41. The maximum absolute atomic E-state index is 3.16. The molecule has 1 atom stereocenters. The Morgan fingerprint density at radius 1 is 2.00 bits per heavy atom. The van der Waals surface area contributed by atoms with Gasteiger partial charge in [0.2, 0.25) is 0 Å². The molecule has 2 heteroatoms. The summed E-state index contributed by atoms with van der Waals surface area (Å²) in [7, 11) is 2.03. The van der Waals surface area contributed by atoms with Crippen LogP contribution in [0.3, 0.4) is 0 Å². The third kappa shape index (κ3) is 1.43. The van der Waals surface area contributed by atoms with Crippen LogP contribution >= 0.6 is 0 Å². The molecule has 0 aromatic rings. The van der Waals surface area contributed by atoms with Crippen LogP contribution < -0.4 is 26.5 Å². The van der Waals surface area contributed by atoms with Gasteiger partial charge in [0.15, 0.2) is 0 Å². The van der Waals surface area contributed by atoms with E-state index in [2.05, 4.69) is 5.32 Å². The molecule has 1 fully saturated rings. The molecule has 0 amide bonds. The Bertz CT molecular complexity index is 42.8. The molecule has 1 saturated heterocycles. The summed E-state index contributed by atoms with van der Waals surface area (Å²) in [5.74, 6) is 0. The standard InChI is InChI=1S/C4H9IN/c1-6-3-4-2-5-4/h4,6H,2-3H2,1H3/q-1. The molecule has 1 nitrogen and oxygen atoms in total. The molecule has 0 aromatic carbocycles. The molecule has 0 aromatic heterocycles. The van der Waals surface area contributed by atoms with E-state index in [1.54, 1.807) is 4.43 Å². The van der Waals surface area contributed by atoms with Crippen molar-refractivity contribution in [1.82, 2.24) is 5.32 Å². The van der Waals surface area contributed by atoms with Gasteiger partial charge in [-0.1, -0.05) is 0 Å². The summed E-state index contributed by atoms with van der Waals surface area (Å²) in [6.45, 7) is 1.28. The molecular formula is C4H9IN-. The molecule has 6 heavy (non-hydrogen) atoms. The summed E-state index contributed by atoms with van der Waals surface area (Å²) in [5.41, 5.74) is 0. The van der Waals surface area contributed by atoms with Crippen molar-refractivity contribution in [2.75, 3.05) is 18.0 Å².